The van der Waals surface area contributed by atoms with Crippen LogP contribution in [-0.4, -0.2) is 74.7 Å². The molecule has 2 saturated heterocycles. The minimum absolute atomic E-state index is 0.0106. The van der Waals surface area contributed by atoms with Crippen molar-refractivity contribution >= 4 is 11.8 Å². The molecule has 32 heavy (non-hydrogen) atoms. The van der Waals surface area contributed by atoms with Gasteiger partial charge in [-0.25, -0.2) is 0 Å². The van der Waals surface area contributed by atoms with E-state index >= 15 is 0 Å². The molecule has 0 radical (unpaired) electrons. The maximum Gasteiger partial charge on any atom is 0.257 e. The van der Waals surface area contributed by atoms with Crippen LogP contribution in [0, 0.1) is 5.92 Å². The van der Waals surface area contributed by atoms with Gasteiger partial charge in [0.25, 0.3) is 11.8 Å². The Morgan fingerprint density at radius 1 is 1.00 bits per heavy atom. The van der Waals surface area contributed by atoms with Crippen molar-refractivity contribution in [1.82, 2.24) is 9.80 Å². The monoisotopic (exact) mass is 438 g/mol. The average Bonchev–Trinajstić information content (AvgIpc) is 2.87. The Hall–Kier alpha value is -3.06. The molecule has 170 valence electrons. The summed E-state index contributed by atoms with van der Waals surface area (Å²) in [5, 5.41) is 0. The number of hydrogen-bond donors (Lipinski definition) is 0. The number of para-hydroxylation sites is 1. The largest absolute Gasteiger partial charge is 0.497 e. The molecule has 0 spiro atoms. The molecule has 2 aromatic rings. The third kappa shape index (κ3) is 5.22. The molecular formula is C25H30N2O5. The third-order valence-electron chi connectivity index (χ3n) is 6.01. The number of nitrogens with zero attached hydrogens (tertiary/aromatic N) is 2. The van der Waals surface area contributed by atoms with E-state index in [1.165, 1.54) is 0 Å². The van der Waals surface area contributed by atoms with Crippen molar-refractivity contribution in [3.8, 4) is 11.5 Å². The number of amides is 2. The quantitative estimate of drug-likeness (QED) is 0.693. The van der Waals surface area contributed by atoms with Gasteiger partial charge in [0.1, 0.15) is 11.5 Å². The zero-order chi connectivity index (χ0) is 22.3. The molecule has 2 aliphatic heterocycles. The van der Waals surface area contributed by atoms with Crippen molar-refractivity contribution in [3.63, 3.8) is 0 Å². The number of rotatable bonds is 6. The lowest BCUT2D eigenvalue weighted by molar-refractivity contribution is 0.0299. The average molecular weight is 439 g/mol. The standard InChI is InChI=1S/C25H30N2O5/c1-30-21-8-4-7-20(16-21)24(28)27-11-5-6-19(17-27)18-32-23-10-3-2-9-22(23)25(29)26-12-14-31-15-13-26/h2-4,7-10,16,19H,5-6,11-15,17-18H2,1H3. The van der Waals surface area contributed by atoms with E-state index in [9.17, 15) is 9.59 Å². The van der Waals surface area contributed by atoms with Gasteiger partial charge >= 0.3 is 0 Å². The van der Waals surface area contributed by atoms with Gasteiger partial charge in [-0.15, -0.1) is 0 Å². The predicted molar refractivity (Wildman–Crippen MR) is 120 cm³/mol. The fraction of sp³-hybridized carbons (Fsp3) is 0.440. The molecule has 7 nitrogen and oxygen atoms in total. The summed E-state index contributed by atoms with van der Waals surface area (Å²) in [6, 6.07) is 14.6. The highest BCUT2D eigenvalue weighted by molar-refractivity contribution is 5.97. The number of hydrogen-bond acceptors (Lipinski definition) is 5. The van der Waals surface area contributed by atoms with Crippen LogP contribution in [-0.2, 0) is 4.74 Å². The van der Waals surface area contributed by atoms with Crippen molar-refractivity contribution in [2.45, 2.75) is 12.8 Å². The third-order valence-corrected chi connectivity index (χ3v) is 6.01. The van der Waals surface area contributed by atoms with Gasteiger partial charge in [-0.3, -0.25) is 9.59 Å². The number of benzene rings is 2. The Morgan fingerprint density at radius 2 is 1.81 bits per heavy atom. The lowest BCUT2D eigenvalue weighted by Gasteiger charge is -2.33. The highest BCUT2D eigenvalue weighted by atomic mass is 16.5. The number of ether oxygens (including phenoxy) is 3. The van der Waals surface area contributed by atoms with E-state index in [4.69, 9.17) is 14.2 Å². The molecule has 2 heterocycles. The molecule has 2 aromatic carbocycles. The second-order valence-electron chi connectivity index (χ2n) is 8.20. The van der Waals surface area contributed by atoms with E-state index in [1.807, 2.05) is 47.4 Å². The topological polar surface area (TPSA) is 68.3 Å². The number of carbonyl (C=O) groups is 2. The van der Waals surface area contributed by atoms with Crippen LogP contribution in [0.15, 0.2) is 48.5 Å². The molecule has 0 saturated carbocycles. The van der Waals surface area contributed by atoms with Crippen LogP contribution in [0.25, 0.3) is 0 Å². The Labute approximate surface area is 188 Å². The summed E-state index contributed by atoms with van der Waals surface area (Å²) < 4.78 is 16.7. The highest BCUT2D eigenvalue weighted by Gasteiger charge is 2.26. The first-order chi connectivity index (χ1) is 15.7. The van der Waals surface area contributed by atoms with Gasteiger partial charge in [0, 0.05) is 37.7 Å². The van der Waals surface area contributed by atoms with E-state index in [2.05, 4.69) is 0 Å². The van der Waals surface area contributed by atoms with Crippen LogP contribution in [0.2, 0.25) is 0 Å². The van der Waals surface area contributed by atoms with Crippen LogP contribution in [0.5, 0.6) is 11.5 Å². The van der Waals surface area contributed by atoms with Gasteiger partial charge in [-0.05, 0) is 43.2 Å². The normalized spacial score (nSPS) is 18.8. The fourth-order valence-corrected chi connectivity index (χ4v) is 4.24. The fourth-order valence-electron chi connectivity index (χ4n) is 4.24. The van der Waals surface area contributed by atoms with Crippen LogP contribution in [0.3, 0.4) is 0 Å². The second-order valence-corrected chi connectivity index (χ2v) is 8.20. The summed E-state index contributed by atoms with van der Waals surface area (Å²) in [6.07, 6.45) is 1.92. The van der Waals surface area contributed by atoms with Crippen molar-refractivity contribution in [2.75, 3.05) is 53.1 Å². The SMILES string of the molecule is COc1cccc(C(=O)N2CCCC(COc3ccccc3C(=O)N3CCOCC3)C2)c1. The van der Waals surface area contributed by atoms with E-state index in [1.54, 1.807) is 18.1 Å². The van der Waals surface area contributed by atoms with Crippen molar-refractivity contribution in [3.05, 3.63) is 59.7 Å². The highest BCUT2D eigenvalue weighted by Crippen LogP contribution is 2.25. The minimum Gasteiger partial charge on any atom is -0.497 e. The molecule has 0 aliphatic carbocycles. The van der Waals surface area contributed by atoms with Gasteiger partial charge in [-0.1, -0.05) is 18.2 Å². The number of morpholine rings is 1. The summed E-state index contributed by atoms with van der Waals surface area (Å²) in [5.74, 6) is 1.47. The Balaban J connectivity index is 1.38. The summed E-state index contributed by atoms with van der Waals surface area (Å²) in [5.41, 5.74) is 1.21. The molecule has 4 rings (SSSR count). The number of piperidine rings is 1. The summed E-state index contributed by atoms with van der Waals surface area (Å²) in [6.45, 7) is 4.15. The molecule has 1 atom stereocenters. The van der Waals surface area contributed by atoms with Gasteiger partial charge in [-0.2, -0.15) is 0 Å². The van der Waals surface area contributed by atoms with Gasteiger partial charge in [0.2, 0.25) is 0 Å². The number of methoxy groups -OCH3 is 1. The molecule has 1 unspecified atom stereocenters. The maximum atomic E-state index is 13.0. The Kier molecular flexibility index (Phi) is 7.27. The van der Waals surface area contributed by atoms with Crippen molar-refractivity contribution < 1.29 is 23.8 Å². The van der Waals surface area contributed by atoms with Crippen molar-refractivity contribution in [2.24, 2.45) is 5.92 Å². The molecule has 0 N–H and O–H groups in total. The number of likely N-dealkylation sites (tertiary alicyclic amines) is 1. The van der Waals surface area contributed by atoms with E-state index in [0.717, 1.165) is 19.4 Å². The first-order valence-corrected chi connectivity index (χ1v) is 11.2. The van der Waals surface area contributed by atoms with E-state index in [0.29, 0.717) is 62.1 Å². The predicted octanol–water partition coefficient (Wildman–Crippen LogP) is 3.10. The van der Waals surface area contributed by atoms with Crippen LogP contribution < -0.4 is 9.47 Å². The molecule has 2 aliphatic rings. The van der Waals surface area contributed by atoms with E-state index < -0.39 is 0 Å². The molecule has 7 heteroatoms. The zero-order valence-electron chi connectivity index (χ0n) is 18.5. The van der Waals surface area contributed by atoms with Gasteiger partial charge in [0.05, 0.1) is 32.5 Å². The van der Waals surface area contributed by atoms with E-state index in [-0.39, 0.29) is 17.7 Å². The second kappa shape index (κ2) is 10.5. The lowest BCUT2D eigenvalue weighted by atomic mass is 9.98. The molecular weight excluding hydrogens is 408 g/mol. The lowest BCUT2D eigenvalue weighted by Crippen LogP contribution is -2.42. The van der Waals surface area contributed by atoms with Gasteiger partial charge < -0.3 is 24.0 Å². The first-order valence-electron chi connectivity index (χ1n) is 11.2. The molecule has 0 bridgehead atoms. The van der Waals surface area contributed by atoms with Crippen LogP contribution in [0.4, 0.5) is 0 Å². The van der Waals surface area contributed by atoms with Crippen LogP contribution >= 0.6 is 0 Å². The smallest absolute Gasteiger partial charge is 0.257 e. The minimum atomic E-state index is -0.0256. The molecule has 2 fully saturated rings. The summed E-state index contributed by atoms with van der Waals surface area (Å²) >= 11 is 0. The summed E-state index contributed by atoms with van der Waals surface area (Å²) in [4.78, 5) is 29.6. The molecule has 0 aromatic heterocycles. The zero-order valence-corrected chi connectivity index (χ0v) is 18.5. The number of carbonyl (C=O) groups excluding carboxylic acids is 2. The molecule has 2 amide bonds. The summed E-state index contributed by atoms with van der Waals surface area (Å²) in [7, 11) is 1.60. The maximum absolute atomic E-state index is 13.0. The Bertz CT molecular complexity index is 941. The Morgan fingerprint density at radius 3 is 2.62 bits per heavy atom. The first kappa shape index (κ1) is 22.1. The van der Waals surface area contributed by atoms with Gasteiger partial charge in [0.15, 0.2) is 0 Å². The van der Waals surface area contributed by atoms with Crippen molar-refractivity contribution in [1.29, 1.82) is 0 Å². The van der Waals surface area contributed by atoms with Crippen LogP contribution in [0.1, 0.15) is 33.6 Å².